The van der Waals surface area contributed by atoms with Crippen molar-refractivity contribution in [3.63, 3.8) is 0 Å². The summed E-state index contributed by atoms with van der Waals surface area (Å²) in [6.07, 6.45) is -0.672. The van der Waals surface area contributed by atoms with Crippen molar-refractivity contribution in [3.05, 3.63) is 95.1 Å². The Kier molecular flexibility index (Phi) is 5.90. The van der Waals surface area contributed by atoms with Gasteiger partial charge in [0.05, 0.1) is 0 Å². The van der Waals surface area contributed by atoms with E-state index >= 15 is 0 Å². The van der Waals surface area contributed by atoms with Gasteiger partial charge in [0.2, 0.25) is 0 Å². The lowest BCUT2D eigenvalue weighted by atomic mass is 10.0. The van der Waals surface area contributed by atoms with Crippen LogP contribution in [0.3, 0.4) is 0 Å². The zero-order chi connectivity index (χ0) is 20.1. The maximum absolute atomic E-state index is 12.5. The lowest BCUT2D eigenvalue weighted by molar-refractivity contribution is -0.122. The minimum Gasteiger partial charge on any atom is -0.481 e. The molecule has 0 aromatic heterocycles. The van der Waals surface area contributed by atoms with E-state index in [1.807, 2.05) is 50.2 Å². The van der Waals surface area contributed by atoms with E-state index in [0.29, 0.717) is 16.9 Å². The number of aryl methyl sites for hydroxylation is 2. The van der Waals surface area contributed by atoms with E-state index < -0.39 is 6.10 Å². The summed E-state index contributed by atoms with van der Waals surface area (Å²) < 4.78 is 5.75. The Bertz CT molecular complexity index is 958. The molecule has 1 N–H and O–H groups in total. The topological polar surface area (TPSA) is 55.4 Å². The summed E-state index contributed by atoms with van der Waals surface area (Å²) in [5.74, 6) is 0.267. The van der Waals surface area contributed by atoms with Gasteiger partial charge in [-0.3, -0.25) is 9.59 Å². The van der Waals surface area contributed by atoms with E-state index in [4.69, 9.17) is 4.74 Å². The molecule has 0 aliphatic rings. The fourth-order valence-corrected chi connectivity index (χ4v) is 2.94. The fourth-order valence-electron chi connectivity index (χ4n) is 2.94. The van der Waals surface area contributed by atoms with E-state index in [-0.39, 0.29) is 11.7 Å². The molecule has 0 aliphatic carbocycles. The Labute approximate surface area is 165 Å². The number of benzene rings is 3. The van der Waals surface area contributed by atoms with E-state index in [9.17, 15) is 9.59 Å². The van der Waals surface area contributed by atoms with Gasteiger partial charge in [-0.25, -0.2) is 0 Å². The molecule has 0 unspecified atom stereocenters. The summed E-state index contributed by atoms with van der Waals surface area (Å²) >= 11 is 0. The molecule has 0 bridgehead atoms. The summed E-state index contributed by atoms with van der Waals surface area (Å²) in [5, 5.41) is 2.93. The van der Waals surface area contributed by atoms with Crippen molar-refractivity contribution in [2.24, 2.45) is 0 Å². The third-order valence-electron chi connectivity index (χ3n) is 4.56. The maximum Gasteiger partial charge on any atom is 0.265 e. The lowest BCUT2D eigenvalue weighted by Gasteiger charge is -2.17. The van der Waals surface area contributed by atoms with Crippen molar-refractivity contribution in [2.75, 3.05) is 5.32 Å². The Morgan fingerprint density at radius 2 is 1.36 bits per heavy atom. The number of rotatable bonds is 6. The lowest BCUT2D eigenvalue weighted by Crippen LogP contribution is -2.30. The molecule has 3 aromatic rings. The van der Waals surface area contributed by atoms with Gasteiger partial charge in [-0.15, -0.1) is 0 Å². The number of amides is 1. The SMILES string of the molecule is Cc1cccc(C)c1NC(=O)[C@H](C)Oc1ccc(C(=O)c2ccccc2)cc1. The first-order chi connectivity index (χ1) is 13.5. The Balaban J connectivity index is 1.65. The maximum atomic E-state index is 12.5. The third kappa shape index (κ3) is 4.46. The number of para-hydroxylation sites is 1. The quantitative estimate of drug-likeness (QED) is 0.623. The molecule has 3 aromatic carbocycles. The molecule has 0 saturated heterocycles. The molecule has 142 valence electrons. The van der Waals surface area contributed by atoms with E-state index in [1.165, 1.54) is 0 Å². The van der Waals surface area contributed by atoms with E-state index in [1.54, 1.807) is 43.3 Å². The molecule has 0 spiro atoms. The number of anilines is 1. The van der Waals surface area contributed by atoms with Crippen molar-refractivity contribution in [2.45, 2.75) is 26.9 Å². The number of ketones is 1. The highest BCUT2D eigenvalue weighted by Gasteiger charge is 2.17. The highest BCUT2D eigenvalue weighted by atomic mass is 16.5. The van der Waals surface area contributed by atoms with Crippen LogP contribution in [-0.4, -0.2) is 17.8 Å². The van der Waals surface area contributed by atoms with Gasteiger partial charge < -0.3 is 10.1 Å². The van der Waals surface area contributed by atoms with Crippen molar-refractivity contribution in [1.82, 2.24) is 0 Å². The van der Waals surface area contributed by atoms with Crippen LogP contribution in [0.15, 0.2) is 72.8 Å². The predicted octanol–water partition coefficient (Wildman–Crippen LogP) is 4.94. The first-order valence-electron chi connectivity index (χ1n) is 9.19. The Morgan fingerprint density at radius 3 is 1.96 bits per heavy atom. The second-order valence-electron chi connectivity index (χ2n) is 6.74. The number of carbonyl (C=O) groups is 2. The van der Waals surface area contributed by atoms with Gasteiger partial charge in [0.15, 0.2) is 11.9 Å². The number of carbonyl (C=O) groups excluding carboxylic acids is 2. The smallest absolute Gasteiger partial charge is 0.265 e. The van der Waals surface area contributed by atoms with Crippen LogP contribution < -0.4 is 10.1 Å². The fraction of sp³-hybridized carbons (Fsp3) is 0.167. The largest absolute Gasteiger partial charge is 0.481 e. The van der Waals surface area contributed by atoms with Crippen LogP contribution in [-0.2, 0) is 4.79 Å². The van der Waals surface area contributed by atoms with Gasteiger partial charge in [-0.1, -0.05) is 48.5 Å². The van der Waals surface area contributed by atoms with Crippen LogP contribution in [0.4, 0.5) is 5.69 Å². The average Bonchev–Trinajstić information content (AvgIpc) is 2.71. The Morgan fingerprint density at radius 1 is 0.786 bits per heavy atom. The summed E-state index contributed by atoms with van der Waals surface area (Å²) in [6, 6.07) is 21.8. The molecule has 1 amide bonds. The summed E-state index contributed by atoms with van der Waals surface area (Å²) in [6.45, 7) is 5.61. The zero-order valence-corrected chi connectivity index (χ0v) is 16.2. The minimum atomic E-state index is -0.672. The van der Waals surface area contributed by atoms with E-state index in [0.717, 1.165) is 16.8 Å². The second-order valence-corrected chi connectivity index (χ2v) is 6.74. The summed E-state index contributed by atoms with van der Waals surface area (Å²) in [7, 11) is 0. The second kappa shape index (κ2) is 8.53. The number of hydrogen-bond donors (Lipinski definition) is 1. The molecule has 0 saturated carbocycles. The standard InChI is InChI=1S/C24H23NO3/c1-16-8-7-9-17(2)22(16)25-24(27)18(3)28-21-14-12-20(13-15-21)23(26)19-10-5-4-6-11-19/h4-15,18H,1-3H3,(H,25,27)/t18-/m0/s1. The molecule has 1 atom stereocenters. The van der Waals surface area contributed by atoms with Gasteiger partial charge in [0.1, 0.15) is 5.75 Å². The highest BCUT2D eigenvalue weighted by Crippen LogP contribution is 2.21. The van der Waals surface area contributed by atoms with Crippen LogP contribution in [0.2, 0.25) is 0 Å². The van der Waals surface area contributed by atoms with Gasteiger partial charge >= 0.3 is 0 Å². The van der Waals surface area contributed by atoms with Crippen molar-refractivity contribution in [3.8, 4) is 5.75 Å². The molecule has 4 heteroatoms. The van der Waals surface area contributed by atoms with Gasteiger partial charge in [-0.05, 0) is 56.2 Å². The van der Waals surface area contributed by atoms with Crippen LogP contribution >= 0.6 is 0 Å². The number of ether oxygens (including phenoxy) is 1. The zero-order valence-electron chi connectivity index (χ0n) is 16.2. The van der Waals surface area contributed by atoms with Crippen molar-refractivity contribution < 1.29 is 14.3 Å². The summed E-state index contributed by atoms with van der Waals surface area (Å²) in [5.41, 5.74) is 4.03. The van der Waals surface area contributed by atoms with Gasteiger partial charge in [0.25, 0.3) is 5.91 Å². The molecule has 0 radical (unpaired) electrons. The highest BCUT2D eigenvalue weighted by molar-refractivity contribution is 6.09. The van der Waals surface area contributed by atoms with Gasteiger partial charge in [0, 0.05) is 16.8 Å². The van der Waals surface area contributed by atoms with Crippen LogP contribution in [0.1, 0.15) is 34.0 Å². The predicted molar refractivity (Wildman–Crippen MR) is 111 cm³/mol. The normalized spacial score (nSPS) is 11.5. The third-order valence-corrected chi connectivity index (χ3v) is 4.56. The molecule has 0 aliphatic heterocycles. The molecule has 28 heavy (non-hydrogen) atoms. The molecular formula is C24H23NO3. The van der Waals surface area contributed by atoms with E-state index in [2.05, 4.69) is 5.32 Å². The molecule has 3 rings (SSSR count). The summed E-state index contributed by atoms with van der Waals surface area (Å²) in [4.78, 5) is 24.9. The number of hydrogen-bond acceptors (Lipinski definition) is 3. The molecule has 4 nitrogen and oxygen atoms in total. The first kappa shape index (κ1) is 19.4. The van der Waals surface area contributed by atoms with Crippen LogP contribution in [0, 0.1) is 13.8 Å². The van der Waals surface area contributed by atoms with Gasteiger partial charge in [-0.2, -0.15) is 0 Å². The van der Waals surface area contributed by atoms with Crippen molar-refractivity contribution >= 4 is 17.4 Å². The van der Waals surface area contributed by atoms with Crippen molar-refractivity contribution in [1.29, 1.82) is 0 Å². The minimum absolute atomic E-state index is 0.0482. The molecular weight excluding hydrogens is 350 g/mol. The Hall–Kier alpha value is -3.40. The van der Waals surface area contributed by atoms with Crippen LogP contribution in [0.25, 0.3) is 0 Å². The first-order valence-corrected chi connectivity index (χ1v) is 9.19. The average molecular weight is 373 g/mol. The molecule has 0 fully saturated rings. The van der Waals surface area contributed by atoms with Crippen LogP contribution in [0.5, 0.6) is 5.75 Å². The molecule has 0 heterocycles. The monoisotopic (exact) mass is 373 g/mol. The number of nitrogens with one attached hydrogen (secondary N) is 1.